The second-order valence-electron chi connectivity index (χ2n) is 6.21. The molecule has 1 atom stereocenters. The molecule has 2 aromatic rings. The number of aryl methyl sites for hydroxylation is 1. The van der Waals surface area contributed by atoms with E-state index in [1.807, 2.05) is 18.3 Å². The highest BCUT2D eigenvalue weighted by Crippen LogP contribution is 2.21. The highest BCUT2D eigenvalue weighted by atomic mass is 16.2. The summed E-state index contributed by atoms with van der Waals surface area (Å²) in [4.78, 5) is 28.9. The van der Waals surface area contributed by atoms with Crippen molar-refractivity contribution in [3.8, 4) is 0 Å². The SMILES string of the molecule is NC(=O)[C@@H]1CCCCN1C(=O)CCCc1c[nH]c2ccccc12. The van der Waals surface area contributed by atoms with E-state index < -0.39 is 6.04 Å². The van der Waals surface area contributed by atoms with Gasteiger partial charge in [0.05, 0.1) is 0 Å². The predicted molar refractivity (Wildman–Crippen MR) is 89.8 cm³/mol. The standard InChI is InChI=1S/C18H23N3O2/c19-18(23)16-9-3-4-11-21(16)17(22)10-5-6-13-12-20-15-8-2-1-7-14(13)15/h1-2,7-8,12,16,20H,3-6,9-11H2,(H2,19,23)/t16-/m0/s1. The number of primary amides is 1. The van der Waals surface area contributed by atoms with Crippen molar-refractivity contribution >= 4 is 22.7 Å². The molecular formula is C18H23N3O2. The summed E-state index contributed by atoms with van der Waals surface area (Å²) in [7, 11) is 0. The molecule has 0 saturated carbocycles. The Morgan fingerprint density at radius 2 is 2.09 bits per heavy atom. The molecule has 0 radical (unpaired) electrons. The Hall–Kier alpha value is -2.30. The number of likely N-dealkylation sites (tertiary alicyclic amines) is 1. The second-order valence-corrected chi connectivity index (χ2v) is 6.21. The molecule has 1 fully saturated rings. The number of para-hydroxylation sites is 1. The number of carbonyl (C=O) groups is 2. The first-order chi connectivity index (χ1) is 11.2. The summed E-state index contributed by atoms with van der Waals surface area (Å²) in [5.41, 5.74) is 7.78. The van der Waals surface area contributed by atoms with Gasteiger partial charge < -0.3 is 15.6 Å². The predicted octanol–water partition coefficient (Wildman–Crippen LogP) is 2.36. The molecule has 0 aliphatic carbocycles. The van der Waals surface area contributed by atoms with Gasteiger partial charge in [0.1, 0.15) is 6.04 Å². The Labute approximate surface area is 135 Å². The van der Waals surface area contributed by atoms with Crippen molar-refractivity contribution in [1.82, 2.24) is 9.88 Å². The van der Waals surface area contributed by atoms with Gasteiger partial charge in [0, 0.05) is 30.1 Å². The van der Waals surface area contributed by atoms with Crippen molar-refractivity contribution in [3.63, 3.8) is 0 Å². The van der Waals surface area contributed by atoms with Gasteiger partial charge in [0.15, 0.2) is 0 Å². The van der Waals surface area contributed by atoms with Crippen LogP contribution in [0.2, 0.25) is 0 Å². The molecule has 2 amide bonds. The van der Waals surface area contributed by atoms with Gasteiger partial charge in [-0.2, -0.15) is 0 Å². The van der Waals surface area contributed by atoms with Crippen LogP contribution < -0.4 is 5.73 Å². The lowest BCUT2D eigenvalue weighted by Gasteiger charge is -2.33. The Bertz CT molecular complexity index is 707. The minimum atomic E-state index is -0.413. The molecule has 2 heterocycles. The summed E-state index contributed by atoms with van der Waals surface area (Å²) < 4.78 is 0. The molecule has 3 N–H and O–H groups in total. The number of amides is 2. The third kappa shape index (κ3) is 3.38. The van der Waals surface area contributed by atoms with E-state index in [1.165, 1.54) is 10.9 Å². The van der Waals surface area contributed by atoms with E-state index in [4.69, 9.17) is 5.73 Å². The zero-order chi connectivity index (χ0) is 16.2. The molecule has 1 aliphatic heterocycles. The van der Waals surface area contributed by atoms with Gasteiger partial charge in [-0.3, -0.25) is 9.59 Å². The summed E-state index contributed by atoms with van der Waals surface area (Å²) in [6.45, 7) is 0.652. The van der Waals surface area contributed by atoms with Gasteiger partial charge in [-0.05, 0) is 43.7 Å². The number of nitrogens with two attached hydrogens (primary N) is 1. The van der Waals surface area contributed by atoms with E-state index >= 15 is 0 Å². The van der Waals surface area contributed by atoms with Crippen LogP contribution in [0.25, 0.3) is 10.9 Å². The van der Waals surface area contributed by atoms with E-state index in [0.717, 1.165) is 31.2 Å². The number of aromatic nitrogens is 1. The number of nitrogens with one attached hydrogen (secondary N) is 1. The minimum Gasteiger partial charge on any atom is -0.368 e. The van der Waals surface area contributed by atoms with Crippen LogP contribution in [0.15, 0.2) is 30.5 Å². The van der Waals surface area contributed by atoms with E-state index in [-0.39, 0.29) is 11.8 Å². The van der Waals surface area contributed by atoms with Crippen LogP contribution in [0, 0.1) is 0 Å². The molecule has 23 heavy (non-hydrogen) atoms. The molecule has 5 heteroatoms. The van der Waals surface area contributed by atoms with Gasteiger partial charge in [0.25, 0.3) is 0 Å². The summed E-state index contributed by atoms with van der Waals surface area (Å²) in [5, 5.41) is 1.22. The lowest BCUT2D eigenvalue weighted by Crippen LogP contribution is -2.50. The van der Waals surface area contributed by atoms with E-state index in [9.17, 15) is 9.59 Å². The van der Waals surface area contributed by atoms with Gasteiger partial charge in [0.2, 0.25) is 11.8 Å². The number of aromatic amines is 1. The lowest BCUT2D eigenvalue weighted by atomic mass is 10.00. The number of hydrogen-bond donors (Lipinski definition) is 2. The van der Waals surface area contributed by atoms with Crippen molar-refractivity contribution in [2.24, 2.45) is 5.73 Å². The normalized spacial score (nSPS) is 18.3. The third-order valence-electron chi connectivity index (χ3n) is 4.66. The van der Waals surface area contributed by atoms with Crippen LogP contribution in [0.3, 0.4) is 0 Å². The molecule has 0 unspecified atom stereocenters. The van der Waals surface area contributed by atoms with E-state index in [1.54, 1.807) is 4.90 Å². The maximum Gasteiger partial charge on any atom is 0.240 e. The van der Waals surface area contributed by atoms with Gasteiger partial charge in [-0.15, -0.1) is 0 Å². The van der Waals surface area contributed by atoms with Gasteiger partial charge in [-0.1, -0.05) is 18.2 Å². The zero-order valence-corrected chi connectivity index (χ0v) is 13.3. The van der Waals surface area contributed by atoms with E-state index in [0.29, 0.717) is 19.4 Å². The molecule has 1 saturated heterocycles. The average molecular weight is 313 g/mol. The Kier molecular flexibility index (Phi) is 4.65. The van der Waals surface area contributed by atoms with Crippen LogP contribution in [-0.2, 0) is 16.0 Å². The highest BCUT2D eigenvalue weighted by Gasteiger charge is 2.29. The zero-order valence-electron chi connectivity index (χ0n) is 13.3. The number of hydrogen-bond acceptors (Lipinski definition) is 2. The largest absolute Gasteiger partial charge is 0.368 e. The number of rotatable bonds is 5. The molecular weight excluding hydrogens is 290 g/mol. The molecule has 1 aliphatic rings. The number of piperidine rings is 1. The van der Waals surface area contributed by atoms with Crippen molar-refractivity contribution in [2.75, 3.05) is 6.54 Å². The quantitative estimate of drug-likeness (QED) is 0.888. The summed E-state index contributed by atoms with van der Waals surface area (Å²) in [5.74, 6) is -0.331. The van der Waals surface area contributed by atoms with E-state index in [2.05, 4.69) is 17.1 Å². The first kappa shape index (κ1) is 15.6. The molecule has 0 spiro atoms. The smallest absolute Gasteiger partial charge is 0.240 e. The number of benzene rings is 1. The average Bonchev–Trinajstić information content (AvgIpc) is 2.98. The topological polar surface area (TPSA) is 79.2 Å². The highest BCUT2D eigenvalue weighted by molar-refractivity contribution is 5.87. The number of H-pyrrole nitrogens is 1. The second kappa shape index (κ2) is 6.86. The fourth-order valence-electron chi connectivity index (χ4n) is 3.44. The van der Waals surface area contributed by atoms with Crippen LogP contribution in [0.4, 0.5) is 0 Å². The summed E-state index contributed by atoms with van der Waals surface area (Å²) in [6, 6.07) is 7.76. The van der Waals surface area contributed by atoms with Crippen molar-refractivity contribution in [1.29, 1.82) is 0 Å². The van der Waals surface area contributed by atoms with Crippen LogP contribution in [-0.4, -0.2) is 34.3 Å². The first-order valence-corrected chi connectivity index (χ1v) is 8.30. The minimum absolute atomic E-state index is 0.0494. The molecule has 1 aromatic carbocycles. The van der Waals surface area contributed by atoms with Crippen molar-refractivity contribution < 1.29 is 9.59 Å². The van der Waals surface area contributed by atoms with Gasteiger partial charge in [-0.25, -0.2) is 0 Å². The number of carbonyl (C=O) groups excluding carboxylic acids is 2. The Morgan fingerprint density at radius 1 is 1.26 bits per heavy atom. The molecule has 3 rings (SSSR count). The van der Waals surface area contributed by atoms with Crippen molar-refractivity contribution in [3.05, 3.63) is 36.0 Å². The molecule has 1 aromatic heterocycles. The molecule has 0 bridgehead atoms. The lowest BCUT2D eigenvalue weighted by molar-refractivity contribution is -0.141. The maximum atomic E-state index is 12.4. The Balaban J connectivity index is 1.57. The van der Waals surface area contributed by atoms with Crippen molar-refractivity contribution in [2.45, 2.75) is 44.6 Å². The van der Waals surface area contributed by atoms with Gasteiger partial charge >= 0.3 is 0 Å². The molecule has 122 valence electrons. The maximum absolute atomic E-state index is 12.4. The fourth-order valence-corrected chi connectivity index (χ4v) is 3.44. The van der Waals surface area contributed by atoms with Crippen LogP contribution >= 0.6 is 0 Å². The fraction of sp³-hybridized carbons (Fsp3) is 0.444. The van der Waals surface area contributed by atoms with Crippen LogP contribution in [0.5, 0.6) is 0 Å². The number of fused-ring (bicyclic) bond motifs is 1. The summed E-state index contributed by atoms with van der Waals surface area (Å²) in [6.07, 6.45) is 6.73. The number of nitrogens with zero attached hydrogens (tertiary/aromatic N) is 1. The first-order valence-electron chi connectivity index (χ1n) is 8.30. The monoisotopic (exact) mass is 313 g/mol. The van der Waals surface area contributed by atoms with Crippen LogP contribution in [0.1, 0.15) is 37.7 Å². The Morgan fingerprint density at radius 3 is 2.91 bits per heavy atom. The summed E-state index contributed by atoms with van der Waals surface area (Å²) >= 11 is 0. The third-order valence-corrected chi connectivity index (χ3v) is 4.66. The molecule has 5 nitrogen and oxygen atoms in total.